The van der Waals surface area contributed by atoms with Gasteiger partial charge in [-0.25, -0.2) is 4.98 Å². The summed E-state index contributed by atoms with van der Waals surface area (Å²) in [5.41, 5.74) is 2.05. The standard InChI is InChI=1S/C19H19N3O/c23-19-15-9-4-5-10-16(15)20-18(21-19)13-22-12-6-11-17(22)14-7-2-1-3-8-14/h1-5,7-10,17H,6,11-13H2,(H,20,21,23)/t17-/m0/s1. The number of hydrogen-bond acceptors (Lipinski definition) is 3. The molecule has 2 aromatic carbocycles. The molecule has 1 aliphatic rings. The van der Waals surface area contributed by atoms with E-state index in [1.54, 1.807) is 0 Å². The van der Waals surface area contributed by atoms with Gasteiger partial charge in [-0.05, 0) is 37.1 Å². The first kappa shape index (κ1) is 14.2. The molecule has 1 saturated heterocycles. The molecule has 1 aliphatic heterocycles. The molecule has 2 heterocycles. The molecule has 1 N–H and O–H groups in total. The van der Waals surface area contributed by atoms with E-state index in [1.165, 1.54) is 12.0 Å². The lowest BCUT2D eigenvalue weighted by Crippen LogP contribution is -2.25. The van der Waals surface area contributed by atoms with Crippen LogP contribution in [0.1, 0.15) is 30.3 Å². The van der Waals surface area contributed by atoms with Gasteiger partial charge in [0, 0.05) is 6.04 Å². The minimum atomic E-state index is -0.0546. The molecule has 0 radical (unpaired) electrons. The Bertz CT molecular complexity index is 872. The second-order valence-corrected chi connectivity index (χ2v) is 6.07. The zero-order valence-electron chi connectivity index (χ0n) is 12.9. The zero-order chi connectivity index (χ0) is 15.6. The van der Waals surface area contributed by atoms with Crippen molar-refractivity contribution in [2.24, 2.45) is 0 Å². The maximum atomic E-state index is 12.2. The molecule has 3 aromatic rings. The smallest absolute Gasteiger partial charge is 0.258 e. The number of benzene rings is 2. The van der Waals surface area contributed by atoms with E-state index in [4.69, 9.17) is 0 Å². The Hall–Kier alpha value is -2.46. The van der Waals surface area contributed by atoms with Gasteiger partial charge in [0.25, 0.3) is 5.56 Å². The monoisotopic (exact) mass is 305 g/mol. The third-order valence-electron chi connectivity index (χ3n) is 4.56. The molecule has 0 amide bonds. The lowest BCUT2D eigenvalue weighted by atomic mass is 10.0. The predicted octanol–water partition coefficient (Wildman–Crippen LogP) is 3.26. The third kappa shape index (κ3) is 2.78. The molecule has 4 rings (SSSR count). The van der Waals surface area contributed by atoms with Gasteiger partial charge in [0.2, 0.25) is 0 Å². The molecule has 1 aromatic heterocycles. The first-order valence-corrected chi connectivity index (χ1v) is 8.08. The van der Waals surface area contributed by atoms with Gasteiger partial charge in [-0.1, -0.05) is 42.5 Å². The van der Waals surface area contributed by atoms with Crippen molar-refractivity contribution in [2.75, 3.05) is 6.54 Å². The lowest BCUT2D eigenvalue weighted by molar-refractivity contribution is 0.242. The number of likely N-dealkylation sites (tertiary alicyclic amines) is 1. The molecular weight excluding hydrogens is 286 g/mol. The number of nitrogens with zero attached hydrogens (tertiary/aromatic N) is 2. The summed E-state index contributed by atoms with van der Waals surface area (Å²) in [6.07, 6.45) is 2.33. The van der Waals surface area contributed by atoms with Crippen molar-refractivity contribution >= 4 is 10.9 Å². The fourth-order valence-corrected chi connectivity index (χ4v) is 3.47. The average molecular weight is 305 g/mol. The van der Waals surface area contributed by atoms with Crippen molar-refractivity contribution < 1.29 is 0 Å². The molecule has 1 atom stereocenters. The Labute approximate surface area is 134 Å². The summed E-state index contributed by atoms with van der Waals surface area (Å²) < 4.78 is 0. The maximum Gasteiger partial charge on any atom is 0.258 e. The quantitative estimate of drug-likeness (QED) is 0.808. The summed E-state index contributed by atoms with van der Waals surface area (Å²) in [5.74, 6) is 0.747. The van der Waals surface area contributed by atoms with Crippen molar-refractivity contribution in [3.05, 3.63) is 76.3 Å². The van der Waals surface area contributed by atoms with Crippen LogP contribution in [0.4, 0.5) is 0 Å². The second kappa shape index (κ2) is 5.97. The minimum Gasteiger partial charge on any atom is -0.309 e. The van der Waals surface area contributed by atoms with E-state index in [2.05, 4.69) is 39.1 Å². The van der Waals surface area contributed by atoms with Crippen molar-refractivity contribution in [2.45, 2.75) is 25.4 Å². The van der Waals surface area contributed by atoms with Crippen molar-refractivity contribution in [1.82, 2.24) is 14.9 Å². The highest BCUT2D eigenvalue weighted by Crippen LogP contribution is 2.32. The summed E-state index contributed by atoms with van der Waals surface area (Å²) in [6, 6.07) is 18.5. The summed E-state index contributed by atoms with van der Waals surface area (Å²) in [6.45, 7) is 1.72. The fraction of sp³-hybridized carbons (Fsp3) is 0.263. The number of aromatic amines is 1. The molecule has 0 spiro atoms. The van der Waals surface area contributed by atoms with Crippen LogP contribution in [0.5, 0.6) is 0 Å². The number of rotatable bonds is 3. The van der Waals surface area contributed by atoms with Gasteiger partial charge in [-0.15, -0.1) is 0 Å². The summed E-state index contributed by atoms with van der Waals surface area (Å²) in [5, 5.41) is 0.650. The molecule has 0 bridgehead atoms. The lowest BCUT2D eigenvalue weighted by Gasteiger charge is -2.24. The van der Waals surface area contributed by atoms with Crippen LogP contribution in [0.2, 0.25) is 0 Å². The number of nitrogens with one attached hydrogen (secondary N) is 1. The third-order valence-corrected chi connectivity index (χ3v) is 4.56. The average Bonchev–Trinajstić information content (AvgIpc) is 3.04. The highest BCUT2D eigenvalue weighted by atomic mass is 16.1. The molecule has 4 nitrogen and oxygen atoms in total. The van der Waals surface area contributed by atoms with Crippen LogP contribution in [-0.4, -0.2) is 21.4 Å². The molecule has 116 valence electrons. The second-order valence-electron chi connectivity index (χ2n) is 6.07. The molecule has 0 saturated carbocycles. The van der Waals surface area contributed by atoms with Gasteiger partial charge in [0.15, 0.2) is 0 Å². The number of hydrogen-bond donors (Lipinski definition) is 1. The van der Waals surface area contributed by atoms with Crippen LogP contribution >= 0.6 is 0 Å². The molecular formula is C19H19N3O. The van der Waals surface area contributed by atoms with E-state index >= 15 is 0 Å². The Balaban J connectivity index is 1.63. The largest absolute Gasteiger partial charge is 0.309 e. The van der Waals surface area contributed by atoms with E-state index in [9.17, 15) is 4.79 Å². The van der Waals surface area contributed by atoms with Crippen LogP contribution in [0, 0.1) is 0 Å². The van der Waals surface area contributed by atoms with Crippen LogP contribution in [-0.2, 0) is 6.54 Å². The highest BCUT2D eigenvalue weighted by molar-refractivity contribution is 5.77. The molecule has 0 unspecified atom stereocenters. The summed E-state index contributed by atoms with van der Waals surface area (Å²) >= 11 is 0. The van der Waals surface area contributed by atoms with E-state index in [0.717, 1.165) is 24.3 Å². The van der Waals surface area contributed by atoms with E-state index in [-0.39, 0.29) is 5.56 Å². The van der Waals surface area contributed by atoms with Crippen LogP contribution in [0.15, 0.2) is 59.4 Å². The van der Waals surface area contributed by atoms with Gasteiger partial charge in [-0.3, -0.25) is 9.69 Å². The van der Waals surface area contributed by atoms with Crippen molar-refractivity contribution in [3.63, 3.8) is 0 Å². The van der Waals surface area contributed by atoms with Crippen LogP contribution < -0.4 is 5.56 Å². The Morgan fingerprint density at radius 3 is 2.74 bits per heavy atom. The number of para-hydroxylation sites is 1. The Morgan fingerprint density at radius 1 is 1.09 bits per heavy atom. The highest BCUT2D eigenvalue weighted by Gasteiger charge is 2.26. The van der Waals surface area contributed by atoms with Gasteiger partial charge >= 0.3 is 0 Å². The molecule has 4 heteroatoms. The van der Waals surface area contributed by atoms with E-state index in [1.807, 2.05) is 30.3 Å². The SMILES string of the molecule is O=c1[nH]c(CN2CCC[C@H]2c2ccccc2)nc2ccccc12. The number of H-pyrrole nitrogens is 1. The van der Waals surface area contributed by atoms with Gasteiger partial charge in [-0.2, -0.15) is 0 Å². The summed E-state index contributed by atoms with van der Waals surface area (Å²) in [7, 11) is 0. The van der Waals surface area contributed by atoms with Crippen LogP contribution in [0.25, 0.3) is 10.9 Å². The van der Waals surface area contributed by atoms with Gasteiger partial charge in [0.05, 0.1) is 17.4 Å². The summed E-state index contributed by atoms with van der Waals surface area (Å²) in [4.78, 5) is 22.2. The van der Waals surface area contributed by atoms with Crippen LogP contribution in [0.3, 0.4) is 0 Å². The first-order valence-electron chi connectivity index (χ1n) is 8.08. The Kier molecular flexibility index (Phi) is 3.67. The fourth-order valence-electron chi connectivity index (χ4n) is 3.47. The topological polar surface area (TPSA) is 49.0 Å². The normalized spacial score (nSPS) is 18.5. The van der Waals surface area contributed by atoms with Gasteiger partial charge in [0.1, 0.15) is 5.82 Å². The Morgan fingerprint density at radius 2 is 1.87 bits per heavy atom. The maximum absolute atomic E-state index is 12.2. The van der Waals surface area contributed by atoms with E-state index < -0.39 is 0 Å². The van der Waals surface area contributed by atoms with Gasteiger partial charge < -0.3 is 4.98 Å². The minimum absolute atomic E-state index is 0.0546. The van der Waals surface area contributed by atoms with E-state index in [0.29, 0.717) is 18.0 Å². The molecule has 23 heavy (non-hydrogen) atoms. The zero-order valence-corrected chi connectivity index (χ0v) is 12.9. The first-order chi connectivity index (χ1) is 11.3. The molecule has 1 fully saturated rings. The molecule has 0 aliphatic carbocycles. The number of fused-ring (bicyclic) bond motifs is 1. The predicted molar refractivity (Wildman–Crippen MR) is 91.2 cm³/mol. The van der Waals surface area contributed by atoms with Crippen molar-refractivity contribution in [3.8, 4) is 0 Å². The number of aromatic nitrogens is 2. The van der Waals surface area contributed by atoms with Crippen molar-refractivity contribution in [1.29, 1.82) is 0 Å².